The molecule has 5 aromatic rings. The average molecular weight is 848 g/mol. The van der Waals surface area contributed by atoms with Crippen molar-refractivity contribution < 1.29 is 28.8 Å². The van der Waals surface area contributed by atoms with Crippen molar-refractivity contribution in [2.75, 3.05) is 23.7 Å². The number of benzene rings is 4. The summed E-state index contributed by atoms with van der Waals surface area (Å²) in [6, 6.07) is 28.2. The quantitative estimate of drug-likeness (QED) is 0.0581. The number of nitrogens with zero attached hydrogens (tertiary/aromatic N) is 1. The molecule has 0 radical (unpaired) electrons. The molecule has 2 saturated carbocycles. The number of aromatic nitrogens is 1. The van der Waals surface area contributed by atoms with Gasteiger partial charge in [0.25, 0.3) is 0 Å². The lowest BCUT2D eigenvalue weighted by Crippen LogP contribution is -2.48. The zero-order valence-corrected chi connectivity index (χ0v) is 35.2. The number of carbonyl (C=O) groups is 6. The van der Waals surface area contributed by atoms with Gasteiger partial charge in [-0.3, -0.25) is 28.8 Å². The summed E-state index contributed by atoms with van der Waals surface area (Å²) in [7, 11) is 0. The molecule has 13 heteroatoms. The number of fused-ring (bicyclic) bond motifs is 1. The van der Waals surface area contributed by atoms with Crippen LogP contribution in [0.25, 0.3) is 22.2 Å². The minimum absolute atomic E-state index is 0.162. The summed E-state index contributed by atoms with van der Waals surface area (Å²) in [5.41, 5.74) is 4.67. The highest BCUT2D eigenvalue weighted by molar-refractivity contribution is 6.10. The molecular weight excluding hydrogens is 795 g/mol. The molecular formula is C50H53N7O6. The van der Waals surface area contributed by atoms with E-state index in [4.69, 9.17) is 0 Å². The van der Waals surface area contributed by atoms with Crippen LogP contribution < -0.4 is 26.6 Å². The van der Waals surface area contributed by atoms with Crippen molar-refractivity contribution in [3.63, 3.8) is 0 Å². The van der Waals surface area contributed by atoms with Crippen LogP contribution in [0.2, 0.25) is 0 Å². The van der Waals surface area contributed by atoms with Gasteiger partial charge in [-0.05, 0) is 123 Å². The fraction of sp³-hybridized carbons (Fsp3) is 0.360. The Labute approximate surface area is 366 Å². The molecule has 0 spiro atoms. The summed E-state index contributed by atoms with van der Waals surface area (Å²) >= 11 is 0. The molecule has 2 saturated heterocycles. The second-order valence-corrected chi connectivity index (χ2v) is 17.5. The molecule has 4 fully saturated rings. The second-order valence-electron chi connectivity index (χ2n) is 17.5. The standard InChI is InChI=1S/C50H53N7O6/c58-43(25-30-15-16-30)55-45(32-9-3-1-4-10-32)47(60)37-28-34(19-21-39(37)54-48(61)40-13-7-23-51-40)41-29-35-27-36(20-22-38(35)53-41)52-49(62)42-14-8-24-57(42)50(63)46(33-11-5-2-6-12-33)56-44(59)26-31-17-18-31/h1-6,9-12,19-22,27-31,40,42,45-46,51,53H,7-8,13-18,23-26H2,(H,52,62)(H,54,61)(H,55,58)(H,56,59)/t40-,42-,45+,46+/m0/s1. The van der Waals surface area contributed by atoms with E-state index in [1.54, 1.807) is 23.1 Å². The molecule has 6 N–H and O–H groups in total. The van der Waals surface area contributed by atoms with E-state index in [-0.39, 0.29) is 46.9 Å². The summed E-state index contributed by atoms with van der Waals surface area (Å²) in [5, 5.41) is 16.0. The van der Waals surface area contributed by atoms with Crippen LogP contribution in [0, 0.1) is 11.8 Å². The van der Waals surface area contributed by atoms with E-state index < -0.39 is 18.1 Å². The third-order valence-electron chi connectivity index (χ3n) is 12.7. The number of nitrogens with one attached hydrogen (secondary N) is 6. The first-order valence-electron chi connectivity index (χ1n) is 22.3. The van der Waals surface area contributed by atoms with E-state index in [0.29, 0.717) is 84.2 Å². The normalized spacial score (nSPS) is 19.3. The van der Waals surface area contributed by atoms with Gasteiger partial charge in [-0.25, -0.2) is 0 Å². The average Bonchev–Trinajstić information content (AvgIpc) is 4.08. The Morgan fingerprint density at radius 3 is 1.97 bits per heavy atom. The maximum atomic E-state index is 14.7. The molecule has 2 aliphatic heterocycles. The van der Waals surface area contributed by atoms with E-state index in [2.05, 4.69) is 31.6 Å². The van der Waals surface area contributed by atoms with Crippen LogP contribution in [-0.2, 0) is 24.0 Å². The first-order chi connectivity index (χ1) is 30.7. The molecule has 9 rings (SSSR count). The molecule has 13 nitrogen and oxygen atoms in total. The van der Waals surface area contributed by atoms with Gasteiger partial charge < -0.3 is 36.5 Å². The van der Waals surface area contributed by atoms with Crippen molar-refractivity contribution in [1.82, 2.24) is 25.8 Å². The summed E-state index contributed by atoms with van der Waals surface area (Å²) in [4.78, 5) is 87.3. The Balaban J connectivity index is 0.955. The van der Waals surface area contributed by atoms with Crippen molar-refractivity contribution in [2.45, 2.75) is 88.4 Å². The molecule has 0 bridgehead atoms. The fourth-order valence-corrected chi connectivity index (χ4v) is 8.86. The topological polar surface area (TPSA) is 182 Å². The van der Waals surface area contributed by atoms with Gasteiger partial charge in [0.1, 0.15) is 18.1 Å². The summed E-state index contributed by atoms with van der Waals surface area (Å²) in [6.45, 7) is 1.15. The lowest BCUT2D eigenvalue weighted by molar-refractivity contribution is -0.140. The van der Waals surface area contributed by atoms with Crippen molar-refractivity contribution in [3.8, 4) is 11.3 Å². The van der Waals surface area contributed by atoms with Crippen LogP contribution in [0.15, 0.2) is 103 Å². The molecule has 5 amide bonds. The van der Waals surface area contributed by atoms with Gasteiger partial charge in [0.05, 0.1) is 11.7 Å². The van der Waals surface area contributed by atoms with Crippen LogP contribution in [-0.4, -0.2) is 70.4 Å². The van der Waals surface area contributed by atoms with Crippen molar-refractivity contribution >= 4 is 57.6 Å². The van der Waals surface area contributed by atoms with Crippen LogP contribution in [0.1, 0.15) is 97.8 Å². The lowest BCUT2D eigenvalue weighted by atomic mass is 9.94. The predicted octanol–water partition coefficient (Wildman–Crippen LogP) is 6.95. The third kappa shape index (κ3) is 9.89. The van der Waals surface area contributed by atoms with E-state index >= 15 is 0 Å². The van der Waals surface area contributed by atoms with Gasteiger partial charge in [0.15, 0.2) is 5.78 Å². The third-order valence-corrected chi connectivity index (χ3v) is 12.7. The van der Waals surface area contributed by atoms with Crippen molar-refractivity contribution in [3.05, 3.63) is 120 Å². The number of ketones is 1. The van der Waals surface area contributed by atoms with Gasteiger partial charge in [-0.1, -0.05) is 66.7 Å². The Hall–Kier alpha value is -6.60. The number of likely N-dealkylation sites (tertiary alicyclic amines) is 1. The van der Waals surface area contributed by atoms with Crippen LogP contribution in [0.4, 0.5) is 11.4 Å². The summed E-state index contributed by atoms with van der Waals surface area (Å²) in [6.07, 6.45) is 7.52. The number of amides is 5. The number of rotatable bonds is 16. The van der Waals surface area contributed by atoms with E-state index in [1.165, 1.54) is 0 Å². The van der Waals surface area contributed by atoms with Gasteiger partial charge in [0, 0.05) is 47.2 Å². The first-order valence-corrected chi connectivity index (χ1v) is 22.3. The molecule has 4 atom stereocenters. The Morgan fingerprint density at radius 1 is 0.651 bits per heavy atom. The van der Waals surface area contributed by atoms with Crippen LogP contribution in [0.3, 0.4) is 0 Å². The number of anilines is 2. The van der Waals surface area contributed by atoms with Crippen molar-refractivity contribution in [1.29, 1.82) is 0 Å². The number of hydrogen-bond acceptors (Lipinski definition) is 7. The minimum atomic E-state index is -0.969. The van der Waals surface area contributed by atoms with Gasteiger partial charge in [-0.2, -0.15) is 0 Å². The molecule has 4 aliphatic rings. The predicted molar refractivity (Wildman–Crippen MR) is 240 cm³/mol. The number of hydrogen-bond donors (Lipinski definition) is 6. The molecule has 3 heterocycles. The van der Waals surface area contributed by atoms with Crippen LogP contribution >= 0.6 is 0 Å². The maximum absolute atomic E-state index is 14.7. The molecule has 324 valence electrons. The number of Topliss-reactive ketones (excluding diaryl/α,β-unsaturated/α-hetero) is 1. The monoisotopic (exact) mass is 847 g/mol. The SMILES string of the molecule is O=C(CC1CC1)N[C@@H](C(=O)c1cc(-c2cc3cc(NC(=O)[C@@H]4CCCN4C(=O)[C@H](NC(=O)CC4CC4)c4ccccc4)ccc3[nH]2)ccc1NC(=O)[C@@H]1CCCN1)c1ccccc1. The van der Waals surface area contributed by atoms with Gasteiger partial charge in [-0.15, -0.1) is 0 Å². The first kappa shape index (κ1) is 41.7. The molecule has 2 aliphatic carbocycles. The Kier molecular flexibility index (Phi) is 12.2. The van der Waals surface area contributed by atoms with E-state index in [9.17, 15) is 28.8 Å². The minimum Gasteiger partial charge on any atom is -0.355 e. The highest BCUT2D eigenvalue weighted by atomic mass is 16.2. The number of H-pyrrole nitrogens is 1. The zero-order valence-electron chi connectivity index (χ0n) is 35.2. The largest absolute Gasteiger partial charge is 0.355 e. The second kappa shape index (κ2) is 18.4. The number of aromatic amines is 1. The summed E-state index contributed by atoms with van der Waals surface area (Å²) in [5.74, 6) is -0.832. The van der Waals surface area contributed by atoms with Crippen LogP contribution in [0.5, 0.6) is 0 Å². The van der Waals surface area contributed by atoms with Gasteiger partial charge >= 0.3 is 0 Å². The van der Waals surface area contributed by atoms with E-state index in [0.717, 1.165) is 49.6 Å². The van der Waals surface area contributed by atoms with E-state index in [1.807, 2.05) is 84.9 Å². The van der Waals surface area contributed by atoms with Crippen molar-refractivity contribution in [2.24, 2.45) is 11.8 Å². The Morgan fingerprint density at radius 2 is 1.32 bits per heavy atom. The number of carbonyl (C=O) groups excluding carboxylic acids is 6. The summed E-state index contributed by atoms with van der Waals surface area (Å²) < 4.78 is 0. The molecule has 1 aromatic heterocycles. The smallest absolute Gasteiger partial charge is 0.250 e. The molecule has 4 aromatic carbocycles. The highest BCUT2D eigenvalue weighted by Crippen LogP contribution is 2.35. The lowest BCUT2D eigenvalue weighted by Gasteiger charge is -2.29. The molecule has 63 heavy (non-hydrogen) atoms. The maximum Gasteiger partial charge on any atom is 0.250 e. The zero-order chi connectivity index (χ0) is 43.5. The van der Waals surface area contributed by atoms with Gasteiger partial charge in [0.2, 0.25) is 29.5 Å². The fourth-order valence-electron chi connectivity index (χ4n) is 8.86. The highest BCUT2D eigenvalue weighted by Gasteiger charge is 2.39. The molecule has 0 unspecified atom stereocenters. The Bertz CT molecular complexity index is 2530.